The number of nitrogens with two attached hydrogens (primary N) is 1. The Morgan fingerprint density at radius 1 is 1.23 bits per heavy atom. The van der Waals surface area contributed by atoms with E-state index in [4.69, 9.17) is 15.8 Å². The molecule has 0 saturated carbocycles. The lowest BCUT2D eigenvalue weighted by molar-refractivity contribution is -0.288. The van der Waals surface area contributed by atoms with E-state index in [2.05, 4.69) is 0 Å². The summed E-state index contributed by atoms with van der Waals surface area (Å²) in [5.41, 5.74) is 1.43. The van der Waals surface area contributed by atoms with Gasteiger partial charge in [-0.2, -0.15) is 22.0 Å². The Labute approximate surface area is 122 Å². The quantitative estimate of drug-likeness (QED) is 0.463. The van der Waals surface area contributed by atoms with Crippen LogP contribution in [0.1, 0.15) is 12.0 Å². The molecule has 1 amide bonds. The largest absolute Gasteiger partial charge is 0.489 e. The fourth-order valence-electron chi connectivity index (χ4n) is 1.73. The highest BCUT2D eigenvalue weighted by atomic mass is 19.4. The Balaban J connectivity index is 3.46. The summed E-state index contributed by atoms with van der Waals surface area (Å²) < 4.78 is 65.1. The van der Waals surface area contributed by atoms with Crippen LogP contribution in [0.3, 0.4) is 0 Å². The first-order valence-corrected chi connectivity index (χ1v) is 5.96. The molecule has 1 rings (SSSR count). The van der Waals surface area contributed by atoms with Crippen LogP contribution in [0.15, 0.2) is 18.2 Å². The third-order valence-electron chi connectivity index (χ3n) is 2.69. The average Bonchev–Trinajstić information content (AvgIpc) is 2.36. The number of anilines is 1. The maximum atomic E-state index is 13.7. The van der Waals surface area contributed by atoms with Gasteiger partial charge in [-0.1, -0.05) is 12.1 Å². The minimum absolute atomic E-state index is 0.140. The molecule has 5 nitrogen and oxygen atoms in total. The van der Waals surface area contributed by atoms with Crippen molar-refractivity contribution in [2.45, 2.75) is 18.5 Å². The van der Waals surface area contributed by atoms with Gasteiger partial charge < -0.3 is 21.1 Å². The number of carbonyl (C=O) groups is 1. The van der Waals surface area contributed by atoms with Gasteiger partial charge in [-0.3, -0.25) is 4.79 Å². The molecule has 0 aromatic heterocycles. The van der Waals surface area contributed by atoms with Crippen molar-refractivity contribution in [2.75, 3.05) is 11.9 Å². The Bertz CT molecular complexity index is 551. The molecule has 0 fully saturated rings. The van der Waals surface area contributed by atoms with Crippen LogP contribution in [0.25, 0.3) is 0 Å². The summed E-state index contributed by atoms with van der Waals surface area (Å²) >= 11 is 0. The van der Waals surface area contributed by atoms with Crippen LogP contribution < -0.4 is 16.5 Å². The van der Waals surface area contributed by atoms with Crippen molar-refractivity contribution >= 4 is 24.2 Å². The van der Waals surface area contributed by atoms with Crippen molar-refractivity contribution in [3.8, 4) is 0 Å². The first kappa shape index (κ1) is 18.3. The van der Waals surface area contributed by atoms with E-state index in [1.165, 1.54) is 0 Å². The van der Waals surface area contributed by atoms with Crippen LogP contribution >= 0.6 is 0 Å². The summed E-state index contributed by atoms with van der Waals surface area (Å²) in [5, 5.41) is 19.9. The van der Waals surface area contributed by atoms with E-state index in [-0.39, 0.29) is 13.0 Å². The molecule has 1 aromatic rings. The molecule has 0 unspecified atom stereocenters. The number of carbonyl (C=O) groups excluding carboxylic acids is 1. The molecule has 1 aromatic carbocycles. The van der Waals surface area contributed by atoms with E-state index in [1.54, 1.807) is 0 Å². The highest BCUT2D eigenvalue weighted by Crippen LogP contribution is 2.45. The van der Waals surface area contributed by atoms with Gasteiger partial charge >= 0.3 is 19.2 Å². The monoisotopic (exact) mass is 326 g/mol. The Hall–Kier alpha value is -1.72. The maximum absolute atomic E-state index is 13.7. The smallest absolute Gasteiger partial charge is 0.423 e. The van der Waals surface area contributed by atoms with Gasteiger partial charge in [0.05, 0.1) is 5.56 Å². The van der Waals surface area contributed by atoms with Crippen LogP contribution in [0.2, 0.25) is 0 Å². The molecule has 122 valence electrons. The fraction of sp³-hybridized carbons (Fsp3) is 0.364. The van der Waals surface area contributed by atoms with E-state index in [9.17, 15) is 26.7 Å². The second kappa shape index (κ2) is 6.59. The van der Waals surface area contributed by atoms with Crippen molar-refractivity contribution in [1.82, 2.24) is 0 Å². The Morgan fingerprint density at radius 2 is 1.82 bits per heavy atom. The molecule has 0 bridgehead atoms. The van der Waals surface area contributed by atoms with Gasteiger partial charge in [0.25, 0.3) is 0 Å². The van der Waals surface area contributed by atoms with Crippen molar-refractivity contribution in [1.29, 1.82) is 0 Å². The summed E-state index contributed by atoms with van der Waals surface area (Å²) in [6, 6.07) is 2.50. The SMILES string of the molecule is NCCC(=O)Nc1cccc(B(O)O)c1C(F)(F)C(F)(F)F. The van der Waals surface area contributed by atoms with Gasteiger partial charge in [-0.15, -0.1) is 0 Å². The van der Waals surface area contributed by atoms with Crippen molar-refractivity contribution in [3.05, 3.63) is 23.8 Å². The van der Waals surface area contributed by atoms with Crippen LogP contribution in [0, 0.1) is 0 Å². The van der Waals surface area contributed by atoms with E-state index in [1.807, 2.05) is 5.32 Å². The van der Waals surface area contributed by atoms with Gasteiger partial charge in [-0.05, 0) is 11.5 Å². The third-order valence-corrected chi connectivity index (χ3v) is 2.69. The molecule has 0 saturated heterocycles. The molecular weight excluding hydrogens is 314 g/mol. The molecule has 5 N–H and O–H groups in total. The number of rotatable bonds is 5. The number of amides is 1. The molecule has 11 heteroatoms. The third kappa shape index (κ3) is 3.73. The first-order valence-electron chi connectivity index (χ1n) is 5.96. The second-order valence-corrected chi connectivity index (χ2v) is 4.30. The highest BCUT2D eigenvalue weighted by molar-refractivity contribution is 6.59. The number of alkyl halides is 5. The number of benzene rings is 1. The Morgan fingerprint density at radius 3 is 2.27 bits per heavy atom. The summed E-state index contributed by atoms with van der Waals surface area (Å²) in [7, 11) is -2.57. The van der Waals surface area contributed by atoms with E-state index in [0.717, 1.165) is 12.1 Å². The maximum Gasteiger partial charge on any atom is 0.489 e. The predicted molar refractivity (Wildman–Crippen MR) is 68.5 cm³/mol. The lowest BCUT2D eigenvalue weighted by Gasteiger charge is -2.25. The minimum atomic E-state index is -5.98. The van der Waals surface area contributed by atoms with Crippen molar-refractivity contribution in [2.24, 2.45) is 5.73 Å². The lowest BCUT2D eigenvalue weighted by Crippen LogP contribution is -2.44. The second-order valence-electron chi connectivity index (χ2n) is 4.30. The number of halogens is 5. The summed E-state index contributed by atoms with van der Waals surface area (Å²) in [5.74, 6) is -6.27. The lowest BCUT2D eigenvalue weighted by atomic mass is 9.74. The summed E-state index contributed by atoms with van der Waals surface area (Å²) in [6.45, 7) is -0.140. The van der Waals surface area contributed by atoms with Crippen molar-refractivity contribution in [3.63, 3.8) is 0 Å². The van der Waals surface area contributed by atoms with E-state index in [0.29, 0.717) is 6.07 Å². The molecule has 22 heavy (non-hydrogen) atoms. The number of hydrogen-bond donors (Lipinski definition) is 4. The van der Waals surface area contributed by atoms with Crippen LogP contribution in [0.5, 0.6) is 0 Å². The highest BCUT2D eigenvalue weighted by Gasteiger charge is 2.61. The van der Waals surface area contributed by atoms with Gasteiger partial charge in [0.1, 0.15) is 0 Å². The van der Waals surface area contributed by atoms with Gasteiger partial charge in [0.2, 0.25) is 5.91 Å². The molecule has 0 aliphatic heterocycles. The van der Waals surface area contributed by atoms with E-state index >= 15 is 0 Å². The van der Waals surface area contributed by atoms with E-state index < -0.39 is 41.8 Å². The fourth-order valence-corrected chi connectivity index (χ4v) is 1.73. The van der Waals surface area contributed by atoms with Crippen LogP contribution in [-0.2, 0) is 10.7 Å². The zero-order valence-corrected chi connectivity index (χ0v) is 11.0. The summed E-state index contributed by atoms with van der Waals surface area (Å²) in [6.07, 6.45) is -6.28. The Kier molecular flexibility index (Phi) is 5.49. The predicted octanol–water partition coefficient (Wildman–Crippen LogP) is 0.308. The topological polar surface area (TPSA) is 95.6 Å². The standard InChI is InChI=1S/C11H12BF5N2O3/c13-10(14,11(15,16)17)9-6(12(21)22)2-1-3-7(9)19-8(20)4-5-18/h1-3,21-22H,4-5,18H2,(H,19,20). The molecule has 0 radical (unpaired) electrons. The molecular formula is C11H12BF5N2O3. The first-order chi connectivity index (χ1) is 10.0. The molecule has 0 atom stereocenters. The molecule has 0 spiro atoms. The van der Waals surface area contributed by atoms with Crippen molar-refractivity contribution < 1.29 is 36.8 Å². The normalized spacial score (nSPS) is 12.2. The number of nitrogens with one attached hydrogen (secondary N) is 1. The van der Waals surface area contributed by atoms with Gasteiger partial charge in [0, 0.05) is 18.7 Å². The van der Waals surface area contributed by atoms with Crippen LogP contribution in [-0.4, -0.2) is 35.8 Å². The zero-order valence-electron chi connectivity index (χ0n) is 11.0. The number of hydrogen-bond acceptors (Lipinski definition) is 4. The van der Waals surface area contributed by atoms with Gasteiger partial charge in [0.15, 0.2) is 0 Å². The molecule has 0 heterocycles. The molecule has 0 aliphatic carbocycles. The molecule has 0 aliphatic rings. The average molecular weight is 326 g/mol. The van der Waals surface area contributed by atoms with Gasteiger partial charge in [-0.25, -0.2) is 0 Å². The minimum Gasteiger partial charge on any atom is -0.423 e. The van der Waals surface area contributed by atoms with Crippen LogP contribution in [0.4, 0.5) is 27.6 Å². The zero-order chi connectivity index (χ0) is 17.1. The summed E-state index contributed by atoms with van der Waals surface area (Å²) in [4.78, 5) is 11.4.